The third-order valence-electron chi connectivity index (χ3n) is 3.96. The van der Waals surface area contributed by atoms with Gasteiger partial charge in [0.25, 0.3) is 0 Å². The summed E-state index contributed by atoms with van der Waals surface area (Å²) in [6.45, 7) is 5.91. The van der Waals surface area contributed by atoms with Crippen LogP contribution in [0, 0.1) is 11.8 Å². The molecule has 1 fully saturated rings. The summed E-state index contributed by atoms with van der Waals surface area (Å²) >= 11 is 0. The Labute approximate surface area is 128 Å². The first-order valence-electron chi connectivity index (χ1n) is 7.91. The van der Waals surface area contributed by atoms with Crippen molar-refractivity contribution in [2.45, 2.75) is 33.1 Å². The highest BCUT2D eigenvalue weighted by molar-refractivity contribution is 5.75. The molecule has 0 aromatic heterocycles. The van der Waals surface area contributed by atoms with Crippen LogP contribution in [0.2, 0.25) is 0 Å². The first kappa shape index (κ1) is 15.6. The highest BCUT2D eigenvalue weighted by atomic mass is 16.2. The maximum absolute atomic E-state index is 12.0. The smallest absolute Gasteiger partial charge is 0.321 e. The Hall–Kier alpha value is -1.77. The molecule has 2 rings (SSSR count). The number of hydrogen-bond acceptors (Lipinski definition) is 1. The van der Waals surface area contributed by atoms with Crippen LogP contribution in [0.1, 0.15) is 32.3 Å². The molecule has 3 heteroatoms. The molecule has 1 aliphatic rings. The monoisotopic (exact) mass is 286 g/mol. The van der Waals surface area contributed by atoms with Crippen LogP contribution in [0.5, 0.6) is 0 Å². The van der Waals surface area contributed by atoms with E-state index in [9.17, 15) is 4.79 Å². The summed E-state index contributed by atoms with van der Waals surface area (Å²) in [5.41, 5.74) is 1.40. The molecule has 3 nitrogen and oxygen atoms in total. The van der Waals surface area contributed by atoms with Gasteiger partial charge in [0.05, 0.1) is 0 Å². The summed E-state index contributed by atoms with van der Waals surface area (Å²) in [6, 6.07) is 10.7. The number of carbonyl (C=O) groups is 1. The standard InChI is InChI=1S/C18H26N2O/c1-15(2)8-11-19-18(21)20-12-9-17(10-13-20)14-16-6-4-3-5-7-16/h3-8,11,15,17H,9-10,12-14H2,1-2H3,(H,19,21)/b11-8+. The van der Waals surface area contributed by atoms with Gasteiger partial charge in [-0.2, -0.15) is 0 Å². The van der Waals surface area contributed by atoms with Crippen molar-refractivity contribution in [2.75, 3.05) is 13.1 Å². The van der Waals surface area contributed by atoms with E-state index >= 15 is 0 Å². The van der Waals surface area contributed by atoms with Gasteiger partial charge in [-0.25, -0.2) is 4.79 Å². The lowest BCUT2D eigenvalue weighted by molar-refractivity contribution is 0.173. The molecule has 0 saturated carbocycles. The summed E-state index contributed by atoms with van der Waals surface area (Å²) in [6.07, 6.45) is 7.08. The first-order chi connectivity index (χ1) is 10.1. The Morgan fingerprint density at radius 1 is 1.29 bits per heavy atom. The van der Waals surface area contributed by atoms with Crippen molar-refractivity contribution in [3.8, 4) is 0 Å². The number of amides is 2. The highest BCUT2D eigenvalue weighted by Crippen LogP contribution is 2.21. The van der Waals surface area contributed by atoms with Crippen LogP contribution in [-0.4, -0.2) is 24.0 Å². The molecule has 0 spiro atoms. The summed E-state index contributed by atoms with van der Waals surface area (Å²) < 4.78 is 0. The van der Waals surface area contributed by atoms with Crippen molar-refractivity contribution in [1.29, 1.82) is 0 Å². The number of allylic oxidation sites excluding steroid dienone is 1. The zero-order valence-electron chi connectivity index (χ0n) is 13.1. The molecule has 1 aromatic carbocycles. The summed E-state index contributed by atoms with van der Waals surface area (Å²) in [5, 5.41) is 2.85. The van der Waals surface area contributed by atoms with Gasteiger partial charge in [0.2, 0.25) is 0 Å². The number of likely N-dealkylation sites (tertiary alicyclic amines) is 1. The van der Waals surface area contributed by atoms with Crippen LogP contribution in [0.4, 0.5) is 4.79 Å². The van der Waals surface area contributed by atoms with Crippen LogP contribution in [-0.2, 0) is 6.42 Å². The molecule has 2 amide bonds. The van der Waals surface area contributed by atoms with Crippen molar-refractivity contribution in [3.05, 3.63) is 48.2 Å². The van der Waals surface area contributed by atoms with E-state index in [2.05, 4.69) is 49.5 Å². The molecule has 114 valence electrons. The lowest BCUT2D eigenvalue weighted by Crippen LogP contribution is -2.43. The van der Waals surface area contributed by atoms with Gasteiger partial charge in [-0.3, -0.25) is 0 Å². The van der Waals surface area contributed by atoms with Crippen molar-refractivity contribution in [1.82, 2.24) is 10.2 Å². The minimum atomic E-state index is 0.0325. The summed E-state index contributed by atoms with van der Waals surface area (Å²) in [7, 11) is 0. The average molecular weight is 286 g/mol. The number of benzene rings is 1. The number of urea groups is 1. The molecule has 0 atom stereocenters. The highest BCUT2D eigenvalue weighted by Gasteiger charge is 2.22. The average Bonchev–Trinajstić information content (AvgIpc) is 2.48. The van der Waals surface area contributed by atoms with Gasteiger partial charge in [-0.15, -0.1) is 0 Å². The molecule has 1 aliphatic heterocycles. The van der Waals surface area contributed by atoms with E-state index in [0.717, 1.165) is 32.4 Å². The lowest BCUT2D eigenvalue weighted by Gasteiger charge is -2.31. The van der Waals surface area contributed by atoms with Crippen molar-refractivity contribution in [2.24, 2.45) is 11.8 Å². The van der Waals surface area contributed by atoms with Crippen LogP contribution >= 0.6 is 0 Å². The quantitative estimate of drug-likeness (QED) is 0.896. The van der Waals surface area contributed by atoms with Crippen LogP contribution in [0.25, 0.3) is 0 Å². The van der Waals surface area contributed by atoms with Gasteiger partial charge >= 0.3 is 6.03 Å². The van der Waals surface area contributed by atoms with Gasteiger partial charge < -0.3 is 10.2 Å². The van der Waals surface area contributed by atoms with Crippen molar-refractivity contribution in [3.63, 3.8) is 0 Å². The maximum atomic E-state index is 12.0. The van der Waals surface area contributed by atoms with Crippen molar-refractivity contribution >= 4 is 6.03 Å². The molecule has 0 radical (unpaired) electrons. The molecule has 0 aliphatic carbocycles. The number of rotatable bonds is 4. The molecule has 1 heterocycles. The minimum Gasteiger partial charge on any atom is -0.325 e. The Kier molecular flexibility index (Phi) is 5.85. The molecule has 1 aromatic rings. The lowest BCUT2D eigenvalue weighted by atomic mass is 9.90. The normalized spacial score (nSPS) is 16.6. The molecule has 1 N–H and O–H groups in total. The number of hydrogen-bond donors (Lipinski definition) is 1. The van der Waals surface area contributed by atoms with E-state index in [0.29, 0.717) is 11.8 Å². The second kappa shape index (κ2) is 7.87. The van der Waals surface area contributed by atoms with E-state index in [1.807, 2.05) is 11.0 Å². The predicted octanol–water partition coefficient (Wildman–Crippen LogP) is 3.82. The first-order valence-corrected chi connectivity index (χ1v) is 7.91. The Morgan fingerprint density at radius 3 is 2.57 bits per heavy atom. The van der Waals surface area contributed by atoms with Crippen molar-refractivity contribution < 1.29 is 4.79 Å². The molecule has 0 bridgehead atoms. The second-order valence-electron chi connectivity index (χ2n) is 6.17. The van der Waals surface area contributed by atoms with E-state index in [4.69, 9.17) is 0 Å². The third kappa shape index (κ3) is 5.25. The van der Waals surface area contributed by atoms with Crippen LogP contribution < -0.4 is 5.32 Å². The van der Waals surface area contributed by atoms with Gasteiger partial charge in [0.15, 0.2) is 0 Å². The fraction of sp³-hybridized carbons (Fsp3) is 0.500. The summed E-state index contributed by atoms with van der Waals surface area (Å²) in [4.78, 5) is 13.9. The maximum Gasteiger partial charge on any atom is 0.321 e. The van der Waals surface area contributed by atoms with Gasteiger partial charge in [0, 0.05) is 19.3 Å². The van der Waals surface area contributed by atoms with Crippen LogP contribution in [0.3, 0.4) is 0 Å². The number of nitrogens with zero attached hydrogens (tertiary/aromatic N) is 1. The van der Waals surface area contributed by atoms with E-state index in [1.54, 1.807) is 6.20 Å². The van der Waals surface area contributed by atoms with E-state index in [1.165, 1.54) is 5.56 Å². The summed E-state index contributed by atoms with van der Waals surface area (Å²) in [5.74, 6) is 1.16. The molecular formula is C18H26N2O. The van der Waals surface area contributed by atoms with Gasteiger partial charge in [-0.1, -0.05) is 50.3 Å². The van der Waals surface area contributed by atoms with Gasteiger partial charge in [-0.05, 0) is 36.7 Å². The largest absolute Gasteiger partial charge is 0.325 e. The molecule has 21 heavy (non-hydrogen) atoms. The zero-order valence-corrected chi connectivity index (χ0v) is 13.1. The zero-order chi connectivity index (χ0) is 15.1. The van der Waals surface area contributed by atoms with E-state index < -0.39 is 0 Å². The van der Waals surface area contributed by atoms with E-state index in [-0.39, 0.29) is 6.03 Å². The third-order valence-corrected chi connectivity index (χ3v) is 3.96. The second-order valence-corrected chi connectivity index (χ2v) is 6.17. The van der Waals surface area contributed by atoms with Crippen LogP contribution in [0.15, 0.2) is 42.6 Å². The molecule has 0 unspecified atom stereocenters. The number of nitrogens with one attached hydrogen (secondary N) is 1. The topological polar surface area (TPSA) is 32.3 Å². The molecular weight excluding hydrogens is 260 g/mol. The predicted molar refractivity (Wildman–Crippen MR) is 87.0 cm³/mol. The Bertz CT molecular complexity index is 459. The fourth-order valence-electron chi connectivity index (χ4n) is 2.69. The Balaban J connectivity index is 1.74. The molecule has 1 saturated heterocycles. The fourth-order valence-corrected chi connectivity index (χ4v) is 2.69. The number of carbonyl (C=O) groups excluding carboxylic acids is 1. The minimum absolute atomic E-state index is 0.0325. The van der Waals surface area contributed by atoms with Gasteiger partial charge in [0.1, 0.15) is 0 Å². The Morgan fingerprint density at radius 2 is 1.95 bits per heavy atom. The number of piperidine rings is 1. The SMILES string of the molecule is CC(C)/C=C/NC(=O)N1CCC(Cc2ccccc2)CC1.